The van der Waals surface area contributed by atoms with E-state index in [1.807, 2.05) is 11.4 Å². The van der Waals surface area contributed by atoms with Gasteiger partial charge in [-0.2, -0.15) is 0 Å². The van der Waals surface area contributed by atoms with Gasteiger partial charge in [-0.25, -0.2) is 4.79 Å². The smallest absolute Gasteiger partial charge is 0.338 e. The molecule has 0 saturated heterocycles. The van der Waals surface area contributed by atoms with Crippen molar-refractivity contribution in [3.8, 4) is 0 Å². The van der Waals surface area contributed by atoms with Crippen molar-refractivity contribution in [1.82, 2.24) is 10.3 Å². The van der Waals surface area contributed by atoms with Crippen molar-refractivity contribution in [2.45, 2.75) is 25.3 Å². The van der Waals surface area contributed by atoms with Gasteiger partial charge in [0.05, 0.1) is 11.6 Å². The van der Waals surface area contributed by atoms with Crippen LogP contribution in [0.3, 0.4) is 0 Å². The van der Waals surface area contributed by atoms with Crippen LogP contribution in [0.1, 0.15) is 50.2 Å². The highest BCUT2D eigenvalue weighted by atomic mass is 32.1. The van der Waals surface area contributed by atoms with Crippen LogP contribution in [0.2, 0.25) is 0 Å². The SMILES string of the molecule is O=C(O)c1cccnc1C(=O)NC1CCCc2sccc21. The summed E-state index contributed by atoms with van der Waals surface area (Å²) in [6.45, 7) is 0. The maximum absolute atomic E-state index is 12.3. The van der Waals surface area contributed by atoms with Gasteiger partial charge in [-0.05, 0) is 48.4 Å². The summed E-state index contributed by atoms with van der Waals surface area (Å²) >= 11 is 1.70. The molecule has 1 atom stereocenters. The molecule has 2 N–H and O–H groups in total. The summed E-state index contributed by atoms with van der Waals surface area (Å²) in [5.74, 6) is -1.58. The Balaban J connectivity index is 1.84. The molecule has 0 bridgehead atoms. The number of amides is 1. The molecule has 3 rings (SSSR count). The number of carboxylic acid groups (broad SMARTS) is 1. The summed E-state index contributed by atoms with van der Waals surface area (Å²) in [4.78, 5) is 28.7. The Bertz CT molecular complexity index is 696. The van der Waals surface area contributed by atoms with Gasteiger partial charge in [-0.15, -0.1) is 11.3 Å². The van der Waals surface area contributed by atoms with Crippen LogP contribution >= 0.6 is 11.3 Å². The van der Waals surface area contributed by atoms with E-state index in [9.17, 15) is 9.59 Å². The molecule has 1 amide bonds. The van der Waals surface area contributed by atoms with E-state index in [1.165, 1.54) is 23.2 Å². The lowest BCUT2D eigenvalue weighted by Crippen LogP contribution is -2.32. The Morgan fingerprint density at radius 1 is 1.38 bits per heavy atom. The molecule has 2 heterocycles. The Hall–Kier alpha value is -2.21. The van der Waals surface area contributed by atoms with Gasteiger partial charge in [-0.3, -0.25) is 9.78 Å². The van der Waals surface area contributed by atoms with Crippen LogP contribution in [0.15, 0.2) is 29.8 Å². The average molecular weight is 302 g/mol. The van der Waals surface area contributed by atoms with Gasteiger partial charge < -0.3 is 10.4 Å². The summed E-state index contributed by atoms with van der Waals surface area (Å²) < 4.78 is 0. The summed E-state index contributed by atoms with van der Waals surface area (Å²) in [7, 11) is 0. The van der Waals surface area contributed by atoms with Crippen molar-refractivity contribution < 1.29 is 14.7 Å². The van der Waals surface area contributed by atoms with Crippen LogP contribution in [0.25, 0.3) is 0 Å². The van der Waals surface area contributed by atoms with Gasteiger partial charge in [0.15, 0.2) is 0 Å². The van der Waals surface area contributed by atoms with Gasteiger partial charge in [0.1, 0.15) is 5.69 Å². The first kappa shape index (κ1) is 13.8. The number of hydrogen-bond acceptors (Lipinski definition) is 4. The highest BCUT2D eigenvalue weighted by Gasteiger charge is 2.25. The Kier molecular flexibility index (Phi) is 3.70. The van der Waals surface area contributed by atoms with Gasteiger partial charge >= 0.3 is 5.97 Å². The Morgan fingerprint density at radius 3 is 3.05 bits per heavy atom. The number of nitrogens with zero attached hydrogens (tertiary/aromatic N) is 1. The molecule has 108 valence electrons. The normalized spacial score (nSPS) is 17.0. The number of fused-ring (bicyclic) bond motifs is 1. The summed E-state index contributed by atoms with van der Waals surface area (Å²) in [6.07, 6.45) is 4.36. The first-order valence-corrected chi connectivity index (χ1v) is 7.60. The Morgan fingerprint density at radius 2 is 2.24 bits per heavy atom. The van der Waals surface area contributed by atoms with Crippen molar-refractivity contribution in [3.05, 3.63) is 51.5 Å². The molecule has 0 aromatic carbocycles. The van der Waals surface area contributed by atoms with Crippen molar-refractivity contribution in [2.75, 3.05) is 0 Å². The molecular formula is C15H14N2O3S. The molecule has 0 radical (unpaired) electrons. The third kappa shape index (κ3) is 2.67. The third-order valence-electron chi connectivity index (χ3n) is 3.61. The first-order chi connectivity index (χ1) is 10.2. The standard InChI is InChI=1S/C15H14N2O3S/c18-14(13-10(15(19)20)3-2-7-16-13)17-11-4-1-5-12-9(11)6-8-21-12/h2-3,6-8,11H,1,4-5H2,(H,17,18)(H,19,20). The number of thiophene rings is 1. The van der Waals surface area contributed by atoms with E-state index >= 15 is 0 Å². The average Bonchev–Trinajstić information content (AvgIpc) is 2.96. The van der Waals surface area contributed by atoms with E-state index < -0.39 is 11.9 Å². The maximum Gasteiger partial charge on any atom is 0.338 e. The van der Waals surface area contributed by atoms with E-state index in [0.29, 0.717) is 0 Å². The molecule has 0 spiro atoms. The topological polar surface area (TPSA) is 79.3 Å². The summed E-state index contributed by atoms with van der Waals surface area (Å²) in [6, 6.07) is 4.87. The molecule has 0 aliphatic heterocycles. The van der Waals surface area contributed by atoms with Crippen LogP contribution in [0.5, 0.6) is 0 Å². The monoisotopic (exact) mass is 302 g/mol. The minimum Gasteiger partial charge on any atom is -0.478 e. The van der Waals surface area contributed by atoms with Crippen molar-refractivity contribution in [3.63, 3.8) is 0 Å². The number of aromatic nitrogens is 1. The fourth-order valence-corrected chi connectivity index (χ4v) is 3.61. The van der Waals surface area contributed by atoms with Crippen molar-refractivity contribution in [2.24, 2.45) is 0 Å². The second-order valence-electron chi connectivity index (χ2n) is 4.92. The number of rotatable bonds is 3. The van der Waals surface area contributed by atoms with E-state index in [4.69, 9.17) is 5.11 Å². The van der Waals surface area contributed by atoms with E-state index in [-0.39, 0.29) is 17.3 Å². The number of aryl methyl sites for hydroxylation is 1. The lowest BCUT2D eigenvalue weighted by atomic mass is 9.94. The van der Waals surface area contributed by atoms with Crippen LogP contribution in [0, 0.1) is 0 Å². The van der Waals surface area contributed by atoms with E-state index in [1.54, 1.807) is 11.3 Å². The number of nitrogens with one attached hydrogen (secondary N) is 1. The van der Waals surface area contributed by atoms with Gasteiger partial charge in [0, 0.05) is 11.1 Å². The van der Waals surface area contributed by atoms with Gasteiger partial charge in [-0.1, -0.05) is 0 Å². The zero-order valence-electron chi connectivity index (χ0n) is 11.2. The van der Waals surface area contributed by atoms with Crippen molar-refractivity contribution >= 4 is 23.2 Å². The fraction of sp³-hybridized carbons (Fsp3) is 0.267. The first-order valence-electron chi connectivity index (χ1n) is 6.72. The highest BCUT2D eigenvalue weighted by molar-refractivity contribution is 7.10. The largest absolute Gasteiger partial charge is 0.478 e. The Labute approximate surface area is 125 Å². The van der Waals surface area contributed by atoms with Crippen LogP contribution in [-0.2, 0) is 6.42 Å². The third-order valence-corrected chi connectivity index (χ3v) is 4.61. The molecule has 1 aliphatic rings. The minimum absolute atomic E-state index is 0.0349. The van der Waals surface area contributed by atoms with E-state index in [0.717, 1.165) is 24.8 Å². The molecule has 21 heavy (non-hydrogen) atoms. The summed E-state index contributed by atoms with van der Waals surface area (Å²) in [5.41, 5.74) is 1.04. The van der Waals surface area contributed by atoms with E-state index in [2.05, 4.69) is 10.3 Å². The lowest BCUT2D eigenvalue weighted by molar-refractivity contribution is 0.0689. The van der Waals surface area contributed by atoms with Crippen molar-refractivity contribution in [1.29, 1.82) is 0 Å². The van der Waals surface area contributed by atoms with Gasteiger partial charge in [0.2, 0.25) is 0 Å². The predicted molar refractivity (Wildman–Crippen MR) is 78.7 cm³/mol. The van der Waals surface area contributed by atoms with Crippen LogP contribution in [-0.4, -0.2) is 22.0 Å². The summed E-state index contributed by atoms with van der Waals surface area (Å²) in [5, 5.41) is 14.1. The number of aromatic carboxylic acids is 1. The second-order valence-corrected chi connectivity index (χ2v) is 5.92. The zero-order valence-corrected chi connectivity index (χ0v) is 12.0. The lowest BCUT2D eigenvalue weighted by Gasteiger charge is -2.23. The number of pyridine rings is 1. The zero-order chi connectivity index (χ0) is 14.8. The fourth-order valence-electron chi connectivity index (χ4n) is 2.62. The number of carbonyl (C=O) groups is 2. The number of hydrogen-bond donors (Lipinski definition) is 2. The molecule has 2 aromatic heterocycles. The predicted octanol–water partition coefficient (Wildman–Crippen LogP) is 2.65. The highest BCUT2D eigenvalue weighted by Crippen LogP contribution is 2.33. The molecule has 1 aliphatic carbocycles. The second kappa shape index (κ2) is 5.65. The molecule has 2 aromatic rings. The minimum atomic E-state index is -1.15. The van der Waals surface area contributed by atoms with Crippen LogP contribution in [0.4, 0.5) is 0 Å². The molecule has 0 fully saturated rings. The van der Waals surface area contributed by atoms with Crippen LogP contribution < -0.4 is 5.32 Å². The molecule has 1 unspecified atom stereocenters. The molecule has 0 saturated carbocycles. The number of carbonyl (C=O) groups excluding carboxylic acids is 1. The molecule has 6 heteroatoms. The maximum atomic E-state index is 12.3. The number of carboxylic acids is 1. The van der Waals surface area contributed by atoms with Gasteiger partial charge in [0.25, 0.3) is 5.91 Å². The molecule has 5 nitrogen and oxygen atoms in total. The molecular weight excluding hydrogens is 288 g/mol. The quantitative estimate of drug-likeness (QED) is 0.913.